The Morgan fingerprint density at radius 1 is 1.16 bits per heavy atom. The number of nitrogens with zero attached hydrogens (tertiary/aromatic N) is 3. The highest BCUT2D eigenvalue weighted by Crippen LogP contribution is 2.66. The van der Waals surface area contributed by atoms with Gasteiger partial charge in [0.1, 0.15) is 0 Å². The van der Waals surface area contributed by atoms with Crippen molar-refractivity contribution in [1.29, 1.82) is 0 Å². The molecule has 5 nitrogen and oxygen atoms in total. The van der Waals surface area contributed by atoms with Crippen molar-refractivity contribution in [2.24, 2.45) is 5.10 Å². The lowest BCUT2D eigenvalue weighted by molar-refractivity contribution is 0.0722. The van der Waals surface area contributed by atoms with Gasteiger partial charge in [-0.3, -0.25) is 0 Å². The molecule has 7 heteroatoms. The zero-order valence-corrected chi connectivity index (χ0v) is 19.9. The molecule has 2 aromatic rings. The van der Waals surface area contributed by atoms with Gasteiger partial charge < -0.3 is 14.2 Å². The zero-order chi connectivity index (χ0) is 21.6. The van der Waals surface area contributed by atoms with E-state index in [0.717, 1.165) is 30.5 Å². The third-order valence-electron chi connectivity index (χ3n) is 6.40. The predicted octanol–water partition coefficient (Wildman–Crippen LogP) is 5.64. The van der Waals surface area contributed by atoms with Crippen molar-refractivity contribution in [1.82, 2.24) is 0 Å². The zero-order valence-electron chi connectivity index (χ0n) is 18.2. The molecule has 3 aliphatic heterocycles. The van der Waals surface area contributed by atoms with Gasteiger partial charge in [-0.25, -0.2) is 4.78 Å². The summed E-state index contributed by atoms with van der Waals surface area (Å²) in [5.41, 5.74) is 4.44. The van der Waals surface area contributed by atoms with Crippen molar-refractivity contribution in [2.45, 2.75) is 38.2 Å². The van der Waals surface area contributed by atoms with Crippen molar-refractivity contribution in [3.05, 3.63) is 71.2 Å². The van der Waals surface area contributed by atoms with Gasteiger partial charge in [0.15, 0.2) is 0 Å². The molecule has 0 aliphatic carbocycles. The van der Waals surface area contributed by atoms with Gasteiger partial charge in [0, 0.05) is 30.5 Å². The lowest BCUT2D eigenvalue weighted by Gasteiger charge is -2.33. The summed E-state index contributed by atoms with van der Waals surface area (Å²) in [6.45, 7) is 5.82. The van der Waals surface area contributed by atoms with Crippen molar-refractivity contribution in [2.75, 3.05) is 29.9 Å². The third kappa shape index (κ3) is 3.37. The number of hydrogen-bond acceptors (Lipinski definition) is 5. The molecule has 0 aromatic heterocycles. The minimum atomic E-state index is -2.66. The Bertz CT molecular complexity index is 1090. The van der Waals surface area contributed by atoms with Crippen LogP contribution < -0.4 is 9.68 Å². The molecule has 0 radical (unpaired) electrons. The van der Waals surface area contributed by atoms with Crippen LogP contribution in [0.5, 0.6) is 0 Å². The quantitative estimate of drug-likeness (QED) is 0.561. The van der Waals surface area contributed by atoms with E-state index < -0.39 is 6.42 Å². The maximum Gasteiger partial charge on any atom is 0.209 e. The number of ether oxygens (including phenoxy) is 1. The van der Waals surface area contributed by atoms with Crippen LogP contribution in [-0.4, -0.2) is 32.6 Å². The fourth-order valence-corrected chi connectivity index (χ4v) is 8.20. The minimum Gasteiger partial charge on any atom is -0.376 e. The van der Waals surface area contributed by atoms with E-state index in [1.165, 1.54) is 16.9 Å². The van der Waals surface area contributed by atoms with E-state index in [9.17, 15) is 0 Å². The molecule has 2 unspecified atom stereocenters. The normalized spacial score (nSPS) is 29.1. The average molecular weight is 454 g/mol. The van der Waals surface area contributed by atoms with Crippen molar-refractivity contribution in [3.63, 3.8) is 0 Å². The fraction of sp³-hybridized carbons (Fsp3) is 0.375. The smallest absolute Gasteiger partial charge is 0.209 e. The molecule has 0 saturated carbocycles. The summed E-state index contributed by atoms with van der Waals surface area (Å²) in [6, 6.07) is 18.7. The lowest BCUT2D eigenvalue weighted by atomic mass is 9.84. The Morgan fingerprint density at radius 3 is 2.61 bits per heavy atom. The molecular formula is C24H28N3O2PS. The lowest BCUT2D eigenvalue weighted by Crippen LogP contribution is -2.26. The highest BCUT2D eigenvalue weighted by atomic mass is 32.4. The van der Waals surface area contributed by atoms with Crippen molar-refractivity contribution >= 4 is 35.8 Å². The standard InChI is InChI=1S/C24H28N3O2PS/c1-24(2)20-13-7-8-14-21(20)26(3)23(24)22-16-25-27(18-10-5-4-6-11-18)30(22,31)29-17-19-12-9-15-28-19/h4-8,10-11,13-14,16,19H,9,12,15,17H2,1-3H3. The van der Waals surface area contributed by atoms with Crippen LogP contribution in [0.25, 0.3) is 0 Å². The highest BCUT2D eigenvalue weighted by Gasteiger charge is 2.47. The molecule has 2 aromatic carbocycles. The first-order valence-electron chi connectivity index (χ1n) is 10.8. The van der Waals surface area contributed by atoms with Crippen LogP contribution in [0.1, 0.15) is 32.3 Å². The van der Waals surface area contributed by atoms with Gasteiger partial charge in [-0.1, -0.05) is 50.2 Å². The van der Waals surface area contributed by atoms with E-state index >= 15 is 0 Å². The van der Waals surface area contributed by atoms with E-state index in [1.807, 2.05) is 41.3 Å². The van der Waals surface area contributed by atoms with Crippen molar-refractivity contribution in [3.8, 4) is 0 Å². The first-order valence-corrected chi connectivity index (χ1v) is 13.4. The molecule has 3 aliphatic rings. The first kappa shape index (κ1) is 20.9. The Labute approximate surface area is 189 Å². The largest absolute Gasteiger partial charge is 0.376 e. The SMILES string of the molecule is CN1C(=C2C=NN(c3ccccc3)P2(=S)OCC2CCCO2)C(C)(C)c2ccccc21. The van der Waals surface area contributed by atoms with Crippen LogP contribution in [0.15, 0.2) is 70.7 Å². The minimum absolute atomic E-state index is 0.107. The number of likely N-dealkylation sites (N-methyl/N-ethyl adjacent to an activating group) is 1. The fourth-order valence-electron chi connectivity index (χ4n) is 4.87. The van der Waals surface area contributed by atoms with Gasteiger partial charge in [0.05, 0.1) is 29.9 Å². The molecule has 0 N–H and O–H groups in total. The van der Waals surface area contributed by atoms with Crippen LogP contribution in [0, 0.1) is 0 Å². The number of benzene rings is 2. The summed E-state index contributed by atoms with van der Waals surface area (Å²) in [6.07, 6.45) is 1.48. The topological polar surface area (TPSA) is 37.3 Å². The molecule has 5 rings (SSSR count). The summed E-state index contributed by atoms with van der Waals surface area (Å²) >= 11 is 6.38. The Hall–Kier alpha value is -1.98. The number of anilines is 2. The summed E-state index contributed by atoms with van der Waals surface area (Å²) in [4.78, 5) is 2.27. The van der Waals surface area contributed by atoms with Crippen LogP contribution in [0.4, 0.5) is 11.4 Å². The molecule has 31 heavy (non-hydrogen) atoms. The molecule has 162 valence electrons. The molecule has 0 amide bonds. The van der Waals surface area contributed by atoms with E-state index in [4.69, 9.17) is 26.2 Å². The molecule has 3 heterocycles. The van der Waals surface area contributed by atoms with E-state index in [-0.39, 0.29) is 11.5 Å². The molecule has 0 bridgehead atoms. The Kier molecular flexibility index (Phi) is 5.30. The van der Waals surface area contributed by atoms with Gasteiger partial charge >= 0.3 is 0 Å². The maximum atomic E-state index is 6.62. The molecular weight excluding hydrogens is 425 g/mol. The molecule has 2 atom stereocenters. The van der Waals surface area contributed by atoms with Gasteiger partial charge in [0.25, 0.3) is 0 Å². The number of allylic oxidation sites excluding steroid dienone is 2. The van der Waals surface area contributed by atoms with Crippen LogP contribution in [-0.2, 0) is 26.5 Å². The first-order chi connectivity index (χ1) is 14.9. The highest BCUT2D eigenvalue weighted by molar-refractivity contribution is 8.15. The van der Waals surface area contributed by atoms with Gasteiger partial charge in [-0.15, -0.1) is 0 Å². The van der Waals surface area contributed by atoms with E-state index in [0.29, 0.717) is 6.61 Å². The van der Waals surface area contributed by atoms with E-state index in [1.54, 1.807) is 0 Å². The predicted molar refractivity (Wildman–Crippen MR) is 132 cm³/mol. The summed E-state index contributed by atoms with van der Waals surface area (Å²) < 4.78 is 14.4. The average Bonchev–Trinajstić information content (AvgIpc) is 3.45. The van der Waals surface area contributed by atoms with E-state index in [2.05, 4.69) is 50.1 Å². The summed E-state index contributed by atoms with van der Waals surface area (Å²) in [5.74, 6) is 0. The molecule has 1 fully saturated rings. The van der Waals surface area contributed by atoms with Crippen LogP contribution in [0.2, 0.25) is 0 Å². The van der Waals surface area contributed by atoms with Crippen LogP contribution in [0.3, 0.4) is 0 Å². The second kappa shape index (κ2) is 7.86. The molecule has 0 spiro atoms. The summed E-state index contributed by atoms with van der Waals surface area (Å²) in [7, 11) is 2.12. The Balaban J connectivity index is 1.62. The second-order valence-corrected chi connectivity index (χ2v) is 12.4. The van der Waals surface area contributed by atoms with Gasteiger partial charge in [0.2, 0.25) is 6.42 Å². The number of hydrazone groups is 1. The number of fused-ring (bicyclic) bond motifs is 1. The van der Waals surface area contributed by atoms with Crippen molar-refractivity contribution < 1.29 is 9.26 Å². The number of hydrogen-bond donors (Lipinski definition) is 0. The maximum absolute atomic E-state index is 6.62. The molecule has 1 saturated heterocycles. The number of para-hydroxylation sites is 2. The Morgan fingerprint density at radius 2 is 1.90 bits per heavy atom. The summed E-state index contributed by atoms with van der Waals surface area (Å²) in [5, 5.41) is 5.82. The van der Waals surface area contributed by atoms with Gasteiger partial charge in [-0.2, -0.15) is 5.10 Å². The third-order valence-corrected chi connectivity index (χ3v) is 10.0. The monoisotopic (exact) mass is 453 g/mol. The van der Waals surface area contributed by atoms with Gasteiger partial charge in [-0.05, 0) is 48.4 Å². The second-order valence-electron chi connectivity index (χ2n) is 8.76. The number of rotatable bonds is 4. The van der Waals surface area contributed by atoms with Crippen LogP contribution >= 0.6 is 6.42 Å².